The van der Waals surface area contributed by atoms with Crippen LogP contribution in [0.1, 0.15) is 17.5 Å². The summed E-state index contributed by atoms with van der Waals surface area (Å²) >= 11 is 3.34. The Labute approximate surface area is 150 Å². The predicted molar refractivity (Wildman–Crippen MR) is 96.4 cm³/mol. The van der Waals surface area contributed by atoms with Gasteiger partial charge in [0.1, 0.15) is 12.6 Å². The number of alkyl halides is 1. The largest absolute Gasteiger partial charge is 0.445 e. The lowest BCUT2D eigenvalue weighted by molar-refractivity contribution is 0.0849. The Morgan fingerprint density at radius 3 is 2.21 bits per heavy atom. The van der Waals surface area contributed by atoms with Gasteiger partial charge in [-0.25, -0.2) is 4.79 Å². The van der Waals surface area contributed by atoms with Crippen LogP contribution < -0.4 is 0 Å². The topological polar surface area (TPSA) is 53.3 Å². The van der Waals surface area contributed by atoms with Crippen LogP contribution in [0, 0.1) is 11.3 Å². The van der Waals surface area contributed by atoms with Crippen LogP contribution in [0.15, 0.2) is 60.7 Å². The molecular formula is C19H19BrN2O2. The molecule has 1 atom stereocenters. The van der Waals surface area contributed by atoms with Crippen LogP contribution in [-0.4, -0.2) is 22.4 Å². The van der Waals surface area contributed by atoms with E-state index in [2.05, 4.69) is 22.0 Å². The van der Waals surface area contributed by atoms with Gasteiger partial charge in [-0.2, -0.15) is 5.26 Å². The predicted octanol–water partition coefficient (Wildman–Crippen LogP) is 4.50. The average molecular weight is 387 g/mol. The highest BCUT2D eigenvalue weighted by atomic mass is 79.9. The van der Waals surface area contributed by atoms with Crippen LogP contribution in [0.2, 0.25) is 0 Å². The molecule has 0 aliphatic carbocycles. The molecule has 2 aromatic rings. The number of benzene rings is 2. The number of hydrogen-bond donors (Lipinski definition) is 0. The quantitative estimate of drug-likeness (QED) is 0.658. The smallest absolute Gasteiger partial charge is 0.411 e. The molecule has 5 heteroatoms. The van der Waals surface area contributed by atoms with E-state index in [1.54, 1.807) is 0 Å². The zero-order valence-electron chi connectivity index (χ0n) is 13.3. The summed E-state index contributed by atoms with van der Waals surface area (Å²) in [6.45, 7) is 0.539. The Bertz CT molecular complexity index is 671. The molecule has 0 spiro atoms. The van der Waals surface area contributed by atoms with E-state index in [9.17, 15) is 10.1 Å². The number of rotatable bonds is 7. The number of carbonyl (C=O) groups excluding carboxylic acids is 1. The van der Waals surface area contributed by atoms with Gasteiger partial charge in [0.15, 0.2) is 0 Å². The van der Waals surface area contributed by atoms with Crippen molar-refractivity contribution in [2.75, 3.05) is 5.33 Å². The molecule has 124 valence electrons. The van der Waals surface area contributed by atoms with E-state index >= 15 is 0 Å². The third-order valence-electron chi connectivity index (χ3n) is 3.54. The van der Waals surface area contributed by atoms with Gasteiger partial charge in [0.05, 0.1) is 12.6 Å². The Morgan fingerprint density at radius 1 is 1.08 bits per heavy atom. The fraction of sp³-hybridized carbons (Fsp3) is 0.263. The fourth-order valence-electron chi connectivity index (χ4n) is 2.28. The van der Waals surface area contributed by atoms with E-state index < -0.39 is 12.1 Å². The fourth-order valence-corrected chi connectivity index (χ4v) is 2.71. The molecule has 0 heterocycles. The van der Waals surface area contributed by atoms with Crippen LogP contribution >= 0.6 is 15.9 Å². The third-order valence-corrected chi connectivity index (χ3v) is 4.00. The molecule has 2 aromatic carbocycles. The second kappa shape index (κ2) is 9.74. The van der Waals surface area contributed by atoms with Crippen LogP contribution in [0.4, 0.5) is 4.79 Å². The number of ether oxygens (including phenoxy) is 1. The molecule has 0 aliphatic heterocycles. The van der Waals surface area contributed by atoms with Crippen LogP contribution in [0.25, 0.3) is 0 Å². The van der Waals surface area contributed by atoms with E-state index in [0.717, 1.165) is 11.1 Å². The van der Waals surface area contributed by atoms with Gasteiger partial charge >= 0.3 is 6.09 Å². The number of nitrogens with zero attached hydrogens (tertiary/aromatic N) is 2. The summed E-state index contributed by atoms with van der Waals surface area (Å²) in [6.07, 6.45) is 0.0687. The standard InChI is InChI=1S/C19H19BrN2O2/c20-12-11-18(13-21)22(14-16-7-3-1-4-8-16)19(23)24-15-17-9-5-2-6-10-17/h1-10,18H,11-12,14-15H2. The normalized spacial score (nSPS) is 11.3. The van der Waals surface area contributed by atoms with Gasteiger partial charge in [0, 0.05) is 5.33 Å². The minimum Gasteiger partial charge on any atom is -0.445 e. The first-order valence-electron chi connectivity index (χ1n) is 7.71. The van der Waals surface area contributed by atoms with Gasteiger partial charge in [-0.3, -0.25) is 4.90 Å². The second-order valence-electron chi connectivity index (χ2n) is 5.28. The molecule has 1 amide bonds. The zero-order valence-corrected chi connectivity index (χ0v) is 14.9. The molecule has 0 radical (unpaired) electrons. The first-order valence-corrected chi connectivity index (χ1v) is 8.83. The molecule has 0 aromatic heterocycles. The molecular weight excluding hydrogens is 368 g/mol. The molecule has 0 saturated heterocycles. The van der Waals surface area contributed by atoms with Gasteiger partial charge < -0.3 is 4.74 Å². The lowest BCUT2D eigenvalue weighted by Gasteiger charge is -2.26. The number of carbonyl (C=O) groups is 1. The van der Waals surface area contributed by atoms with Gasteiger partial charge in [0.2, 0.25) is 0 Å². The number of amides is 1. The molecule has 0 bridgehead atoms. The summed E-state index contributed by atoms with van der Waals surface area (Å²) in [6, 6.07) is 20.8. The van der Waals surface area contributed by atoms with Crippen LogP contribution in [0.3, 0.4) is 0 Å². The van der Waals surface area contributed by atoms with Crippen molar-refractivity contribution in [1.82, 2.24) is 4.90 Å². The number of hydrogen-bond acceptors (Lipinski definition) is 3. The number of halogens is 1. The summed E-state index contributed by atoms with van der Waals surface area (Å²) in [4.78, 5) is 14.0. The molecule has 1 unspecified atom stereocenters. The highest BCUT2D eigenvalue weighted by Crippen LogP contribution is 2.14. The molecule has 0 N–H and O–H groups in total. The maximum atomic E-state index is 12.5. The van der Waals surface area contributed by atoms with Gasteiger partial charge in [-0.05, 0) is 17.5 Å². The van der Waals surface area contributed by atoms with Crippen molar-refractivity contribution in [2.24, 2.45) is 0 Å². The lowest BCUT2D eigenvalue weighted by Crippen LogP contribution is -2.39. The first kappa shape index (κ1) is 18.0. The van der Waals surface area contributed by atoms with E-state index in [1.165, 1.54) is 4.90 Å². The molecule has 0 aliphatic rings. The Hall–Kier alpha value is -2.32. The molecule has 2 rings (SSSR count). The molecule has 4 nitrogen and oxygen atoms in total. The molecule has 0 fully saturated rings. The maximum absolute atomic E-state index is 12.5. The SMILES string of the molecule is N#CC(CCBr)N(Cc1ccccc1)C(=O)OCc1ccccc1. The van der Waals surface area contributed by atoms with E-state index in [-0.39, 0.29) is 6.61 Å². The lowest BCUT2D eigenvalue weighted by atomic mass is 10.1. The monoisotopic (exact) mass is 386 g/mol. The molecule has 0 saturated carbocycles. The van der Waals surface area contributed by atoms with Crippen LogP contribution in [-0.2, 0) is 17.9 Å². The Kier molecular flexibility index (Phi) is 7.31. The summed E-state index contributed by atoms with van der Waals surface area (Å²) in [5.74, 6) is 0. The summed E-state index contributed by atoms with van der Waals surface area (Å²) in [5.41, 5.74) is 1.88. The summed E-state index contributed by atoms with van der Waals surface area (Å²) < 4.78 is 5.41. The van der Waals surface area contributed by atoms with Crippen molar-refractivity contribution >= 4 is 22.0 Å². The zero-order chi connectivity index (χ0) is 17.2. The molecule has 24 heavy (non-hydrogen) atoms. The average Bonchev–Trinajstić information content (AvgIpc) is 2.64. The first-order chi connectivity index (χ1) is 11.7. The maximum Gasteiger partial charge on any atom is 0.411 e. The summed E-state index contributed by atoms with van der Waals surface area (Å²) in [5, 5.41) is 10.1. The van der Waals surface area contributed by atoms with E-state index in [4.69, 9.17) is 4.74 Å². The third kappa shape index (κ3) is 5.39. The van der Waals surface area contributed by atoms with Crippen molar-refractivity contribution in [1.29, 1.82) is 5.26 Å². The van der Waals surface area contributed by atoms with Crippen molar-refractivity contribution in [2.45, 2.75) is 25.6 Å². The van der Waals surface area contributed by atoms with Gasteiger partial charge in [-0.1, -0.05) is 76.6 Å². The van der Waals surface area contributed by atoms with Gasteiger partial charge in [-0.15, -0.1) is 0 Å². The van der Waals surface area contributed by atoms with Gasteiger partial charge in [0.25, 0.3) is 0 Å². The van der Waals surface area contributed by atoms with Crippen LogP contribution in [0.5, 0.6) is 0 Å². The number of nitriles is 1. The Balaban J connectivity index is 2.08. The van der Waals surface area contributed by atoms with Crippen molar-refractivity contribution in [3.63, 3.8) is 0 Å². The summed E-state index contributed by atoms with van der Waals surface area (Å²) in [7, 11) is 0. The highest BCUT2D eigenvalue weighted by Gasteiger charge is 2.24. The second-order valence-corrected chi connectivity index (χ2v) is 6.07. The highest BCUT2D eigenvalue weighted by molar-refractivity contribution is 9.09. The Morgan fingerprint density at radius 2 is 1.67 bits per heavy atom. The van der Waals surface area contributed by atoms with E-state index in [0.29, 0.717) is 18.3 Å². The van der Waals surface area contributed by atoms with Crippen molar-refractivity contribution in [3.05, 3.63) is 71.8 Å². The van der Waals surface area contributed by atoms with Crippen molar-refractivity contribution < 1.29 is 9.53 Å². The van der Waals surface area contributed by atoms with E-state index in [1.807, 2.05) is 60.7 Å². The van der Waals surface area contributed by atoms with Crippen molar-refractivity contribution in [3.8, 4) is 6.07 Å². The minimum atomic E-state index is -0.534. The minimum absolute atomic E-state index is 0.192.